The van der Waals surface area contributed by atoms with Gasteiger partial charge in [0.2, 0.25) is 5.91 Å². The summed E-state index contributed by atoms with van der Waals surface area (Å²) in [5, 5.41) is 6.27. The molecule has 1 fully saturated rings. The molecule has 1 aliphatic heterocycles. The lowest BCUT2D eigenvalue weighted by molar-refractivity contribution is -0.122. The van der Waals surface area contributed by atoms with Crippen LogP contribution in [0.4, 0.5) is 0 Å². The van der Waals surface area contributed by atoms with Gasteiger partial charge in [-0.1, -0.05) is 0 Å². The van der Waals surface area contributed by atoms with Gasteiger partial charge >= 0.3 is 0 Å². The molecule has 92 valence electrons. The molecule has 1 rings (SSSR count). The predicted molar refractivity (Wildman–Crippen MR) is 67.1 cm³/mol. The third kappa shape index (κ3) is 7.85. The number of likely N-dealkylation sites (N-methyl/N-ethyl adjacent to an activating group) is 1. The molecule has 1 saturated heterocycles. The number of rotatable bonds is 3. The Hall–Kier alpha value is -0.0300. The van der Waals surface area contributed by atoms with Crippen molar-refractivity contribution in [3.05, 3.63) is 0 Å². The van der Waals surface area contributed by atoms with Gasteiger partial charge < -0.3 is 15.5 Å². The summed E-state index contributed by atoms with van der Waals surface area (Å²) in [6.07, 6.45) is 2.26. The Labute approximate surface area is 104 Å². The highest BCUT2D eigenvalue weighted by Crippen LogP contribution is 2.00. The maximum absolute atomic E-state index is 11.3. The number of nitrogens with zero attached hydrogens (tertiary/aromatic N) is 1. The lowest BCUT2D eigenvalue weighted by Crippen LogP contribution is -2.47. The van der Waals surface area contributed by atoms with Crippen molar-refractivity contribution in [2.24, 2.45) is 0 Å². The fourth-order valence-corrected chi connectivity index (χ4v) is 1.54. The van der Waals surface area contributed by atoms with Gasteiger partial charge in [0.1, 0.15) is 0 Å². The summed E-state index contributed by atoms with van der Waals surface area (Å²) < 4.78 is 0. The summed E-state index contributed by atoms with van der Waals surface area (Å²) >= 11 is 0. The van der Waals surface area contributed by atoms with Crippen LogP contribution in [-0.4, -0.2) is 50.6 Å². The summed E-state index contributed by atoms with van der Waals surface area (Å²) in [7, 11) is 3.80. The second-order valence-electron chi connectivity index (χ2n) is 3.85. The van der Waals surface area contributed by atoms with Crippen LogP contribution < -0.4 is 10.6 Å². The van der Waals surface area contributed by atoms with Crippen LogP contribution in [-0.2, 0) is 4.79 Å². The van der Waals surface area contributed by atoms with Crippen molar-refractivity contribution >= 4 is 30.7 Å². The van der Waals surface area contributed by atoms with Gasteiger partial charge in [0.15, 0.2) is 0 Å². The Bertz CT molecular complexity index is 173. The van der Waals surface area contributed by atoms with E-state index < -0.39 is 0 Å². The van der Waals surface area contributed by atoms with Gasteiger partial charge in [-0.15, -0.1) is 24.8 Å². The van der Waals surface area contributed by atoms with Crippen molar-refractivity contribution in [2.75, 3.05) is 33.7 Å². The van der Waals surface area contributed by atoms with Crippen LogP contribution in [0.25, 0.3) is 0 Å². The van der Waals surface area contributed by atoms with E-state index in [0.717, 1.165) is 25.9 Å². The minimum Gasteiger partial charge on any atom is -0.351 e. The Morgan fingerprint density at radius 2 is 2.13 bits per heavy atom. The maximum Gasteiger partial charge on any atom is 0.234 e. The van der Waals surface area contributed by atoms with E-state index in [1.165, 1.54) is 0 Å². The highest BCUT2D eigenvalue weighted by Gasteiger charge is 2.14. The van der Waals surface area contributed by atoms with Gasteiger partial charge in [-0.05, 0) is 33.5 Å². The highest BCUT2D eigenvalue weighted by molar-refractivity contribution is 5.85. The first-order valence-corrected chi connectivity index (χ1v) is 4.83. The summed E-state index contributed by atoms with van der Waals surface area (Å²) in [5.41, 5.74) is 0. The number of nitrogens with one attached hydrogen (secondary N) is 2. The van der Waals surface area contributed by atoms with Crippen LogP contribution in [0.5, 0.6) is 0 Å². The minimum absolute atomic E-state index is 0. The van der Waals surface area contributed by atoms with Crippen molar-refractivity contribution in [3.8, 4) is 0 Å². The fraction of sp³-hybridized carbons (Fsp3) is 0.889. The molecule has 1 amide bonds. The fourth-order valence-electron chi connectivity index (χ4n) is 1.54. The molecule has 0 spiro atoms. The number of carbonyl (C=O) groups is 1. The molecule has 1 unspecified atom stereocenters. The number of halogens is 2. The van der Waals surface area contributed by atoms with E-state index in [9.17, 15) is 4.79 Å². The molecule has 1 atom stereocenters. The van der Waals surface area contributed by atoms with Crippen molar-refractivity contribution in [1.29, 1.82) is 0 Å². The van der Waals surface area contributed by atoms with E-state index in [-0.39, 0.29) is 30.7 Å². The monoisotopic (exact) mass is 257 g/mol. The number of hydrogen-bond donors (Lipinski definition) is 2. The zero-order valence-electron chi connectivity index (χ0n) is 9.28. The van der Waals surface area contributed by atoms with E-state index in [0.29, 0.717) is 12.6 Å². The van der Waals surface area contributed by atoms with Crippen LogP contribution in [0, 0.1) is 0 Å². The van der Waals surface area contributed by atoms with E-state index in [1.807, 2.05) is 19.0 Å². The van der Waals surface area contributed by atoms with Crippen molar-refractivity contribution in [1.82, 2.24) is 15.5 Å². The van der Waals surface area contributed by atoms with Gasteiger partial charge in [0.25, 0.3) is 0 Å². The molecular formula is C9H21Cl2N3O. The lowest BCUT2D eigenvalue weighted by Gasteiger charge is -2.24. The topological polar surface area (TPSA) is 44.4 Å². The molecule has 1 aliphatic rings. The highest BCUT2D eigenvalue weighted by atomic mass is 35.5. The molecule has 4 nitrogen and oxygen atoms in total. The summed E-state index contributed by atoms with van der Waals surface area (Å²) in [4.78, 5) is 13.2. The average molecular weight is 258 g/mol. The van der Waals surface area contributed by atoms with Gasteiger partial charge in [-0.2, -0.15) is 0 Å². The Balaban J connectivity index is 0. The second kappa shape index (κ2) is 9.21. The minimum atomic E-state index is 0. The largest absolute Gasteiger partial charge is 0.351 e. The van der Waals surface area contributed by atoms with Crippen LogP contribution in [0.1, 0.15) is 12.8 Å². The van der Waals surface area contributed by atoms with E-state index in [2.05, 4.69) is 10.6 Å². The van der Waals surface area contributed by atoms with Crippen LogP contribution >= 0.6 is 24.8 Å². The Kier molecular flexibility index (Phi) is 10.7. The third-order valence-electron chi connectivity index (χ3n) is 2.12. The van der Waals surface area contributed by atoms with E-state index in [4.69, 9.17) is 0 Å². The van der Waals surface area contributed by atoms with E-state index in [1.54, 1.807) is 0 Å². The molecular weight excluding hydrogens is 237 g/mol. The zero-order chi connectivity index (χ0) is 9.68. The first-order chi connectivity index (χ1) is 6.18. The maximum atomic E-state index is 11.3. The first-order valence-electron chi connectivity index (χ1n) is 4.83. The molecule has 15 heavy (non-hydrogen) atoms. The molecule has 0 saturated carbocycles. The van der Waals surface area contributed by atoms with Crippen LogP contribution in [0.3, 0.4) is 0 Å². The molecule has 0 bridgehead atoms. The SMILES string of the molecule is CN(C)CC(=O)NC1CCCNC1.Cl.Cl. The van der Waals surface area contributed by atoms with Gasteiger partial charge in [-0.25, -0.2) is 0 Å². The molecule has 6 heteroatoms. The molecule has 2 N–H and O–H groups in total. The smallest absolute Gasteiger partial charge is 0.234 e. The Morgan fingerprint density at radius 1 is 1.47 bits per heavy atom. The molecule has 0 aromatic heterocycles. The molecule has 0 aromatic rings. The number of carbonyl (C=O) groups excluding carboxylic acids is 1. The van der Waals surface area contributed by atoms with Gasteiger partial charge in [0, 0.05) is 12.6 Å². The third-order valence-corrected chi connectivity index (χ3v) is 2.12. The van der Waals surface area contributed by atoms with Crippen LogP contribution in [0.2, 0.25) is 0 Å². The van der Waals surface area contributed by atoms with Crippen LogP contribution in [0.15, 0.2) is 0 Å². The summed E-state index contributed by atoms with van der Waals surface area (Å²) in [5.74, 6) is 0.124. The quantitative estimate of drug-likeness (QED) is 0.763. The molecule has 1 heterocycles. The Morgan fingerprint density at radius 3 is 2.60 bits per heavy atom. The standard InChI is InChI=1S/C9H19N3O.2ClH/c1-12(2)7-9(13)11-8-4-3-5-10-6-8;;/h8,10H,3-7H2,1-2H3,(H,11,13);2*1H. The van der Waals surface area contributed by atoms with Gasteiger partial charge in [0.05, 0.1) is 6.54 Å². The molecule has 0 aromatic carbocycles. The number of amides is 1. The lowest BCUT2D eigenvalue weighted by atomic mass is 10.1. The van der Waals surface area contributed by atoms with E-state index >= 15 is 0 Å². The van der Waals surface area contributed by atoms with Crippen molar-refractivity contribution in [2.45, 2.75) is 18.9 Å². The average Bonchev–Trinajstić information content (AvgIpc) is 2.04. The molecule has 0 radical (unpaired) electrons. The normalized spacial score (nSPS) is 20.1. The summed E-state index contributed by atoms with van der Waals surface area (Å²) in [6, 6.07) is 0.334. The second-order valence-corrected chi connectivity index (χ2v) is 3.85. The van der Waals surface area contributed by atoms with Gasteiger partial charge in [-0.3, -0.25) is 4.79 Å². The van der Waals surface area contributed by atoms with Crippen molar-refractivity contribution in [3.63, 3.8) is 0 Å². The molecule has 0 aliphatic carbocycles. The number of piperidine rings is 1. The predicted octanol–water partition coefficient (Wildman–Crippen LogP) is 0.260. The summed E-state index contributed by atoms with van der Waals surface area (Å²) in [6.45, 7) is 2.48. The van der Waals surface area contributed by atoms with Crippen molar-refractivity contribution < 1.29 is 4.79 Å². The number of hydrogen-bond acceptors (Lipinski definition) is 3. The first kappa shape index (κ1) is 17.4. The zero-order valence-corrected chi connectivity index (χ0v) is 10.9.